The number of benzene rings is 1. The molecule has 0 aromatic heterocycles. The topological polar surface area (TPSA) is 96.2 Å². The summed E-state index contributed by atoms with van der Waals surface area (Å²) < 4.78 is 4.98. The molecule has 116 valence electrons. The molecule has 0 fully saturated rings. The van der Waals surface area contributed by atoms with Crippen molar-refractivity contribution >= 4 is 17.5 Å². The molecule has 1 aromatic carbocycles. The fourth-order valence-corrected chi connectivity index (χ4v) is 3.36. The summed E-state index contributed by atoms with van der Waals surface area (Å²) in [6.45, 7) is 3.49. The van der Waals surface area contributed by atoms with Gasteiger partial charge in [0.05, 0.1) is 6.61 Å². The summed E-state index contributed by atoms with van der Waals surface area (Å²) in [5.74, 6) is -2.74. The molecular formula is C16H17NO5. The lowest BCUT2D eigenvalue weighted by molar-refractivity contribution is -0.164. The monoisotopic (exact) mass is 303 g/mol. The second kappa shape index (κ2) is 4.72. The van der Waals surface area contributed by atoms with E-state index in [1.54, 1.807) is 26.0 Å². The lowest BCUT2D eigenvalue weighted by Crippen LogP contribution is -2.56. The third-order valence-electron chi connectivity index (χ3n) is 4.37. The fraction of sp³-hybridized carbons (Fsp3) is 0.438. The number of aliphatic hydroxyl groups is 2. The molecule has 2 aliphatic rings. The summed E-state index contributed by atoms with van der Waals surface area (Å²) in [6.07, 6.45) is 0.323. The van der Waals surface area contributed by atoms with Crippen LogP contribution in [-0.2, 0) is 15.3 Å². The molecule has 22 heavy (non-hydrogen) atoms. The van der Waals surface area contributed by atoms with Crippen LogP contribution >= 0.6 is 0 Å². The van der Waals surface area contributed by atoms with Crippen molar-refractivity contribution in [1.82, 2.24) is 0 Å². The van der Waals surface area contributed by atoms with Crippen molar-refractivity contribution in [3.8, 4) is 0 Å². The molecule has 1 aromatic rings. The highest BCUT2D eigenvalue weighted by molar-refractivity contribution is 6.19. The molecule has 0 amide bonds. The van der Waals surface area contributed by atoms with Gasteiger partial charge in [-0.05, 0) is 13.3 Å². The van der Waals surface area contributed by atoms with E-state index in [0.29, 0.717) is 6.42 Å². The van der Waals surface area contributed by atoms with Crippen molar-refractivity contribution in [1.29, 1.82) is 0 Å². The summed E-state index contributed by atoms with van der Waals surface area (Å²) in [7, 11) is 0. The molecule has 0 radical (unpaired) electrons. The van der Waals surface area contributed by atoms with Crippen LogP contribution in [0, 0.1) is 5.92 Å². The van der Waals surface area contributed by atoms with Gasteiger partial charge in [-0.1, -0.05) is 31.2 Å². The van der Waals surface area contributed by atoms with Gasteiger partial charge in [-0.2, -0.15) is 0 Å². The minimum Gasteiger partial charge on any atom is -0.465 e. The predicted octanol–water partition coefficient (Wildman–Crippen LogP) is 0.803. The highest BCUT2D eigenvalue weighted by atomic mass is 16.5. The van der Waals surface area contributed by atoms with Crippen LogP contribution < -0.4 is 0 Å². The van der Waals surface area contributed by atoms with Gasteiger partial charge in [-0.15, -0.1) is 0 Å². The van der Waals surface area contributed by atoms with E-state index in [-0.39, 0.29) is 23.4 Å². The van der Waals surface area contributed by atoms with E-state index in [2.05, 4.69) is 4.99 Å². The van der Waals surface area contributed by atoms with Gasteiger partial charge >= 0.3 is 5.97 Å². The van der Waals surface area contributed by atoms with E-state index in [4.69, 9.17) is 4.74 Å². The van der Waals surface area contributed by atoms with E-state index < -0.39 is 29.0 Å². The number of ether oxygens (including phenoxy) is 1. The lowest BCUT2D eigenvalue weighted by atomic mass is 9.79. The highest BCUT2D eigenvalue weighted by Crippen LogP contribution is 2.53. The largest absolute Gasteiger partial charge is 0.465 e. The van der Waals surface area contributed by atoms with Gasteiger partial charge in [0.1, 0.15) is 5.92 Å². The minimum atomic E-state index is -2.34. The Labute approximate surface area is 127 Å². The van der Waals surface area contributed by atoms with Crippen LogP contribution in [0.25, 0.3) is 0 Å². The Balaban J connectivity index is 2.22. The number of Topliss-reactive ketones (excluding diaryl/α,β-unsaturated/α-hetero) is 1. The van der Waals surface area contributed by atoms with E-state index in [1.807, 2.05) is 0 Å². The van der Waals surface area contributed by atoms with E-state index in [0.717, 1.165) is 0 Å². The number of hydrogen-bond acceptors (Lipinski definition) is 6. The first-order chi connectivity index (χ1) is 10.4. The molecule has 3 rings (SSSR count). The molecule has 0 bridgehead atoms. The maximum atomic E-state index is 12.7. The first kappa shape index (κ1) is 14.9. The molecule has 6 heteroatoms. The SMILES string of the molecule is CCOC(=O)C1C(CC)=N[C@]2(O)c3ccccc3C(=O)[C@@]12O. The maximum absolute atomic E-state index is 12.7. The van der Waals surface area contributed by atoms with E-state index in [1.165, 1.54) is 12.1 Å². The van der Waals surface area contributed by atoms with Crippen LogP contribution in [0.3, 0.4) is 0 Å². The van der Waals surface area contributed by atoms with Crippen LogP contribution in [0.1, 0.15) is 36.2 Å². The fourth-order valence-electron chi connectivity index (χ4n) is 3.36. The molecule has 0 spiro atoms. The van der Waals surface area contributed by atoms with Crippen molar-refractivity contribution in [2.24, 2.45) is 10.9 Å². The second-order valence-corrected chi connectivity index (χ2v) is 5.46. The van der Waals surface area contributed by atoms with Gasteiger partial charge in [0, 0.05) is 16.8 Å². The van der Waals surface area contributed by atoms with Crippen molar-refractivity contribution in [2.45, 2.75) is 31.6 Å². The standard InChI is InChI=1S/C16H17NO5/c1-3-11-12(14(19)22-4-2)15(20)13(18)9-7-5-6-8-10(9)16(15,21)17-11/h5-8,12,20-21H,3-4H2,1-2H3/t12?,15-,16-/m0/s1. The second-order valence-electron chi connectivity index (χ2n) is 5.46. The molecule has 1 aliphatic heterocycles. The van der Waals surface area contributed by atoms with Gasteiger partial charge < -0.3 is 14.9 Å². The van der Waals surface area contributed by atoms with Crippen molar-refractivity contribution in [2.75, 3.05) is 6.61 Å². The van der Waals surface area contributed by atoms with Crippen molar-refractivity contribution in [3.05, 3.63) is 35.4 Å². The first-order valence-electron chi connectivity index (χ1n) is 7.26. The number of hydrogen-bond donors (Lipinski definition) is 2. The van der Waals surface area contributed by atoms with Crippen LogP contribution in [0.5, 0.6) is 0 Å². The van der Waals surface area contributed by atoms with Gasteiger partial charge in [0.25, 0.3) is 0 Å². The number of carbonyl (C=O) groups excluding carboxylic acids is 2. The molecule has 0 saturated carbocycles. The Morgan fingerprint density at radius 2 is 2.00 bits per heavy atom. The maximum Gasteiger partial charge on any atom is 0.318 e. The van der Waals surface area contributed by atoms with Crippen LogP contribution in [0.15, 0.2) is 29.3 Å². The van der Waals surface area contributed by atoms with E-state index >= 15 is 0 Å². The molecule has 0 saturated heterocycles. The number of aliphatic imine (C=N–C) groups is 1. The number of esters is 1. The molecule has 6 nitrogen and oxygen atoms in total. The van der Waals surface area contributed by atoms with Gasteiger partial charge in [0.2, 0.25) is 11.5 Å². The summed E-state index contributed by atoms with van der Waals surface area (Å²) in [5.41, 5.74) is -3.80. The summed E-state index contributed by atoms with van der Waals surface area (Å²) in [6, 6.07) is 6.33. The normalized spacial score (nSPS) is 32.5. The molecule has 1 unspecified atom stereocenters. The number of fused-ring (bicyclic) bond motifs is 3. The zero-order valence-corrected chi connectivity index (χ0v) is 12.4. The first-order valence-corrected chi connectivity index (χ1v) is 7.26. The molecule has 3 atom stereocenters. The number of ketones is 1. The molecule has 1 aliphatic carbocycles. The van der Waals surface area contributed by atoms with Gasteiger partial charge in [-0.3, -0.25) is 14.6 Å². The third kappa shape index (κ3) is 1.54. The zero-order chi connectivity index (χ0) is 16.1. The summed E-state index contributed by atoms with van der Waals surface area (Å²) >= 11 is 0. The Hall–Kier alpha value is -2.05. The third-order valence-corrected chi connectivity index (χ3v) is 4.37. The average Bonchev–Trinajstić information content (AvgIpc) is 2.84. The molecular weight excluding hydrogens is 286 g/mol. The lowest BCUT2D eigenvalue weighted by Gasteiger charge is -2.31. The number of carbonyl (C=O) groups is 2. The highest BCUT2D eigenvalue weighted by Gasteiger charge is 2.72. The summed E-state index contributed by atoms with van der Waals surface area (Å²) in [4.78, 5) is 29.1. The van der Waals surface area contributed by atoms with Gasteiger partial charge in [0.15, 0.2) is 5.60 Å². The number of rotatable bonds is 3. The molecule has 2 N–H and O–H groups in total. The summed E-state index contributed by atoms with van der Waals surface area (Å²) in [5, 5.41) is 22.0. The Morgan fingerprint density at radius 1 is 1.32 bits per heavy atom. The minimum absolute atomic E-state index is 0.113. The van der Waals surface area contributed by atoms with Crippen LogP contribution in [0.4, 0.5) is 0 Å². The quantitative estimate of drug-likeness (QED) is 0.805. The van der Waals surface area contributed by atoms with Gasteiger partial charge in [-0.25, -0.2) is 0 Å². The Morgan fingerprint density at radius 3 is 2.64 bits per heavy atom. The van der Waals surface area contributed by atoms with E-state index in [9.17, 15) is 19.8 Å². The predicted molar refractivity (Wildman–Crippen MR) is 77.5 cm³/mol. The van der Waals surface area contributed by atoms with Crippen LogP contribution in [-0.4, -0.2) is 39.9 Å². The van der Waals surface area contributed by atoms with Crippen LogP contribution in [0.2, 0.25) is 0 Å². The average molecular weight is 303 g/mol. The Kier molecular flexibility index (Phi) is 3.19. The Bertz CT molecular complexity index is 698. The zero-order valence-electron chi connectivity index (χ0n) is 12.4. The smallest absolute Gasteiger partial charge is 0.318 e. The van der Waals surface area contributed by atoms with Crippen molar-refractivity contribution in [3.63, 3.8) is 0 Å². The molecule has 1 heterocycles. The number of nitrogens with zero attached hydrogens (tertiary/aromatic N) is 1. The van der Waals surface area contributed by atoms with Crippen molar-refractivity contribution < 1.29 is 24.5 Å².